The van der Waals surface area contributed by atoms with E-state index in [1.54, 1.807) is 6.07 Å². The molecule has 21 heavy (non-hydrogen) atoms. The number of fused-ring (bicyclic) bond motifs is 1. The Balaban J connectivity index is 2.00. The van der Waals surface area contributed by atoms with E-state index in [1.165, 1.54) is 0 Å². The van der Waals surface area contributed by atoms with Gasteiger partial charge in [0.2, 0.25) is 0 Å². The highest BCUT2D eigenvalue weighted by Crippen LogP contribution is 2.37. The van der Waals surface area contributed by atoms with E-state index in [0.717, 1.165) is 28.7 Å². The summed E-state index contributed by atoms with van der Waals surface area (Å²) in [6.45, 7) is 0.700. The Bertz CT molecular complexity index is 717. The van der Waals surface area contributed by atoms with Crippen LogP contribution in [0.1, 0.15) is 31.9 Å². The molecule has 1 heterocycles. The van der Waals surface area contributed by atoms with Gasteiger partial charge >= 0.3 is 0 Å². The van der Waals surface area contributed by atoms with Crippen molar-refractivity contribution in [2.75, 3.05) is 6.54 Å². The molecular weight excluding hydrogens is 373 g/mol. The number of benzene rings is 2. The topological polar surface area (TPSA) is 29.1 Å². The van der Waals surface area contributed by atoms with E-state index in [9.17, 15) is 4.79 Å². The summed E-state index contributed by atoms with van der Waals surface area (Å²) in [7, 11) is 0. The van der Waals surface area contributed by atoms with Crippen LogP contribution in [-0.2, 0) is 6.42 Å². The van der Waals surface area contributed by atoms with Gasteiger partial charge in [-0.1, -0.05) is 57.3 Å². The van der Waals surface area contributed by atoms with E-state index in [1.807, 2.05) is 30.3 Å². The average molecular weight is 385 g/mol. The number of halogens is 3. The number of nitrogens with one attached hydrogen (secondary N) is 1. The number of rotatable bonds is 2. The van der Waals surface area contributed by atoms with E-state index >= 15 is 0 Å². The van der Waals surface area contributed by atoms with Crippen molar-refractivity contribution in [3.8, 4) is 0 Å². The lowest BCUT2D eigenvalue weighted by Crippen LogP contribution is -2.31. The lowest BCUT2D eigenvalue weighted by Gasteiger charge is -2.19. The number of hydrogen-bond acceptors (Lipinski definition) is 1. The van der Waals surface area contributed by atoms with Crippen LogP contribution in [-0.4, -0.2) is 12.5 Å². The smallest absolute Gasteiger partial charge is 0.251 e. The summed E-state index contributed by atoms with van der Waals surface area (Å²) < 4.78 is 0. The first-order valence-electron chi connectivity index (χ1n) is 6.56. The first-order valence-corrected chi connectivity index (χ1v) is 8.23. The van der Waals surface area contributed by atoms with Gasteiger partial charge < -0.3 is 5.32 Å². The fraction of sp³-hybridized carbons (Fsp3) is 0.188. The zero-order chi connectivity index (χ0) is 15.0. The normalized spacial score (nSPS) is 15.3. The van der Waals surface area contributed by atoms with Crippen LogP contribution in [0.5, 0.6) is 0 Å². The summed E-state index contributed by atoms with van der Waals surface area (Å²) in [5.74, 6) is -0.0139. The summed E-state index contributed by atoms with van der Waals surface area (Å²) in [6.07, 6.45) is 0.871. The summed E-state index contributed by atoms with van der Waals surface area (Å²) in [6, 6.07) is 11.4. The highest BCUT2D eigenvalue weighted by Gasteiger charge is 2.20. The average Bonchev–Trinajstić information content (AvgIpc) is 2.47. The summed E-state index contributed by atoms with van der Waals surface area (Å²) in [5, 5.41) is 4.07. The molecule has 108 valence electrons. The Kier molecular flexibility index (Phi) is 4.25. The Hall–Kier alpha value is -1.03. The van der Waals surface area contributed by atoms with Gasteiger partial charge in [-0.2, -0.15) is 0 Å². The van der Waals surface area contributed by atoms with Crippen molar-refractivity contribution < 1.29 is 4.79 Å². The van der Waals surface area contributed by atoms with Gasteiger partial charge in [0.15, 0.2) is 0 Å². The Morgan fingerprint density at radius 2 is 1.95 bits per heavy atom. The van der Waals surface area contributed by atoms with Gasteiger partial charge in [-0.3, -0.25) is 4.79 Å². The highest BCUT2D eigenvalue weighted by atomic mass is 79.9. The van der Waals surface area contributed by atoms with Gasteiger partial charge in [0.05, 0.1) is 4.83 Å². The standard InChI is InChI=1S/C16H12BrCl2NO/c17-15(12-4-3-11(18)8-14(12)19)10-2-1-9-5-6-20-16(21)13(9)7-10/h1-4,7-8,15H,5-6H2,(H,20,21). The minimum absolute atomic E-state index is 0.0139. The fourth-order valence-corrected chi connectivity index (χ4v) is 3.81. The van der Waals surface area contributed by atoms with Crippen LogP contribution in [0.15, 0.2) is 36.4 Å². The summed E-state index contributed by atoms with van der Waals surface area (Å²) in [4.78, 5) is 11.9. The van der Waals surface area contributed by atoms with Crippen LogP contribution in [0.25, 0.3) is 0 Å². The van der Waals surface area contributed by atoms with Gasteiger partial charge in [-0.05, 0) is 41.3 Å². The molecule has 0 aliphatic carbocycles. The molecule has 2 aromatic carbocycles. The van der Waals surface area contributed by atoms with E-state index in [2.05, 4.69) is 21.2 Å². The molecule has 0 fully saturated rings. The molecular formula is C16H12BrCl2NO. The van der Waals surface area contributed by atoms with Gasteiger partial charge in [0.25, 0.3) is 5.91 Å². The Morgan fingerprint density at radius 3 is 2.71 bits per heavy atom. The Labute approximate surface area is 141 Å². The number of amides is 1. The summed E-state index contributed by atoms with van der Waals surface area (Å²) in [5.41, 5.74) is 3.75. The monoisotopic (exact) mass is 383 g/mol. The maximum Gasteiger partial charge on any atom is 0.251 e. The van der Waals surface area contributed by atoms with Crippen molar-refractivity contribution >= 4 is 45.0 Å². The molecule has 2 aromatic rings. The second-order valence-electron chi connectivity index (χ2n) is 4.95. The molecule has 0 saturated carbocycles. The zero-order valence-corrected chi connectivity index (χ0v) is 14.1. The van der Waals surface area contributed by atoms with E-state index in [4.69, 9.17) is 23.2 Å². The quantitative estimate of drug-likeness (QED) is 0.742. The third-order valence-corrected chi connectivity index (χ3v) is 5.17. The number of carbonyl (C=O) groups excluding carboxylic acids is 1. The maximum atomic E-state index is 11.9. The zero-order valence-electron chi connectivity index (χ0n) is 11.0. The van der Waals surface area contributed by atoms with Crippen LogP contribution < -0.4 is 5.32 Å². The predicted molar refractivity (Wildman–Crippen MR) is 89.7 cm³/mol. The second-order valence-corrected chi connectivity index (χ2v) is 6.71. The molecule has 0 radical (unpaired) electrons. The van der Waals surface area contributed by atoms with Crippen molar-refractivity contribution in [3.63, 3.8) is 0 Å². The molecule has 2 nitrogen and oxygen atoms in total. The SMILES string of the molecule is O=C1NCCc2ccc(C(Br)c3ccc(Cl)cc3Cl)cc21. The number of carbonyl (C=O) groups is 1. The molecule has 1 aliphatic rings. The third kappa shape index (κ3) is 2.96. The lowest BCUT2D eigenvalue weighted by atomic mass is 9.95. The van der Waals surface area contributed by atoms with Crippen molar-refractivity contribution in [1.29, 1.82) is 0 Å². The molecule has 0 saturated heterocycles. The first-order chi connectivity index (χ1) is 10.1. The predicted octanol–water partition coefficient (Wildman–Crippen LogP) is 4.76. The second kappa shape index (κ2) is 5.99. The third-order valence-electron chi connectivity index (χ3n) is 3.59. The minimum atomic E-state index is -0.0812. The van der Waals surface area contributed by atoms with Gasteiger partial charge in [0, 0.05) is 22.2 Å². The van der Waals surface area contributed by atoms with Crippen molar-refractivity contribution in [3.05, 3.63) is 68.7 Å². The molecule has 3 rings (SSSR count). The largest absolute Gasteiger partial charge is 0.352 e. The fourth-order valence-electron chi connectivity index (χ4n) is 2.47. The van der Waals surface area contributed by atoms with Crippen LogP contribution in [0, 0.1) is 0 Å². The molecule has 1 atom stereocenters. The molecule has 1 amide bonds. The van der Waals surface area contributed by atoms with Crippen LogP contribution in [0.2, 0.25) is 10.0 Å². The number of alkyl halides is 1. The first kappa shape index (κ1) is 14.9. The van der Waals surface area contributed by atoms with E-state index in [-0.39, 0.29) is 10.7 Å². The van der Waals surface area contributed by atoms with Gasteiger partial charge in [-0.25, -0.2) is 0 Å². The van der Waals surface area contributed by atoms with Gasteiger partial charge in [0.1, 0.15) is 0 Å². The molecule has 0 spiro atoms. The van der Waals surface area contributed by atoms with E-state index < -0.39 is 0 Å². The van der Waals surface area contributed by atoms with Crippen LogP contribution in [0.4, 0.5) is 0 Å². The van der Waals surface area contributed by atoms with E-state index in [0.29, 0.717) is 16.6 Å². The molecule has 1 N–H and O–H groups in total. The maximum absolute atomic E-state index is 11.9. The van der Waals surface area contributed by atoms with Crippen LogP contribution in [0.3, 0.4) is 0 Å². The minimum Gasteiger partial charge on any atom is -0.352 e. The molecule has 0 aromatic heterocycles. The summed E-state index contributed by atoms with van der Waals surface area (Å²) >= 11 is 15.8. The highest BCUT2D eigenvalue weighted by molar-refractivity contribution is 9.09. The molecule has 1 unspecified atom stereocenters. The Morgan fingerprint density at radius 1 is 1.14 bits per heavy atom. The molecule has 5 heteroatoms. The van der Waals surface area contributed by atoms with Crippen molar-refractivity contribution in [2.24, 2.45) is 0 Å². The molecule has 0 bridgehead atoms. The van der Waals surface area contributed by atoms with Gasteiger partial charge in [-0.15, -0.1) is 0 Å². The number of hydrogen-bond donors (Lipinski definition) is 1. The van der Waals surface area contributed by atoms with Crippen molar-refractivity contribution in [1.82, 2.24) is 5.32 Å². The molecule has 1 aliphatic heterocycles. The van der Waals surface area contributed by atoms with Crippen LogP contribution >= 0.6 is 39.1 Å². The lowest BCUT2D eigenvalue weighted by molar-refractivity contribution is 0.0946. The van der Waals surface area contributed by atoms with Crippen molar-refractivity contribution in [2.45, 2.75) is 11.2 Å².